The molecule has 0 fully saturated rings. The van der Waals surface area contributed by atoms with Crippen LogP contribution in [0.1, 0.15) is 142 Å². The summed E-state index contributed by atoms with van der Waals surface area (Å²) in [6, 6.07) is -0.958. The summed E-state index contributed by atoms with van der Waals surface area (Å²) in [5, 5.41) is 13.1. The molecule has 0 aliphatic heterocycles. The monoisotopic (exact) mass is 491 g/mol. The van der Waals surface area contributed by atoms with E-state index in [1.54, 1.807) is 0 Å². The molecule has 0 radical (unpaired) electrons. The lowest BCUT2D eigenvalue weighted by molar-refractivity contribution is -0.122. The van der Waals surface area contributed by atoms with Crippen molar-refractivity contribution >= 4 is 16.0 Å². The van der Waals surface area contributed by atoms with Crippen molar-refractivity contribution in [1.29, 1.82) is 0 Å². The lowest BCUT2D eigenvalue weighted by atomic mass is 10.0. The normalized spacial score (nSPS) is 13.7. The number of rotatable bonds is 24. The maximum atomic E-state index is 12.3. The smallest absolute Gasteiger partial charge is 0.266 e. The molecular weight excluding hydrogens is 438 g/mol. The second kappa shape index (κ2) is 21.8. The first-order valence-electron chi connectivity index (χ1n) is 13.7. The van der Waals surface area contributed by atoms with E-state index in [1.807, 2.05) is 0 Å². The molecule has 0 aliphatic carbocycles. The molecule has 0 aromatic rings. The van der Waals surface area contributed by atoms with Crippen LogP contribution in [-0.2, 0) is 14.9 Å². The summed E-state index contributed by atoms with van der Waals surface area (Å²) in [7, 11) is -4.28. The quantitative estimate of drug-likeness (QED) is 0.105. The fraction of sp³-hybridized carbons (Fsp3) is 0.962. The fourth-order valence-electron chi connectivity index (χ4n) is 4.22. The number of aliphatic hydroxyl groups excluding tert-OH is 1. The summed E-state index contributed by atoms with van der Waals surface area (Å²) in [6.45, 7) is 4.42. The van der Waals surface area contributed by atoms with Crippen LogP contribution in [0.4, 0.5) is 0 Å². The average molecular weight is 492 g/mol. The highest BCUT2D eigenvalue weighted by Crippen LogP contribution is 2.14. The Bertz CT molecular complexity index is 553. The molecule has 3 N–H and O–H groups in total. The maximum Gasteiger partial charge on any atom is 0.266 e. The molecule has 0 saturated heterocycles. The maximum absolute atomic E-state index is 12.3. The minimum Gasteiger partial charge on any atom is -0.391 e. The molecule has 2 unspecified atom stereocenters. The molecule has 0 heterocycles. The van der Waals surface area contributed by atoms with E-state index in [2.05, 4.69) is 19.2 Å². The minimum absolute atomic E-state index is 0.253. The Kier molecular flexibility index (Phi) is 21.4. The molecule has 198 valence electrons. The van der Waals surface area contributed by atoms with Crippen molar-refractivity contribution in [2.24, 2.45) is 0 Å². The third-order valence-corrected chi connectivity index (χ3v) is 7.09. The largest absolute Gasteiger partial charge is 0.391 e. The first-order chi connectivity index (χ1) is 15.8. The number of carbonyl (C=O) groups excluding carboxylic acids is 1. The molecule has 7 heteroatoms. The summed E-state index contributed by atoms with van der Waals surface area (Å²) >= 11 is 0. The van der Waals surface area contributed by atoms with E-state index in [0.717, 1.165) is 38.5 Å². The number of nitrogens with one attached hydrogen (secondary N) is 1. The Balaban J connectivity index is 4.09. The molecule has 2 atom stereocenters. The summed E-state index contributed by atoms with van der Waals surface area (Å²) < 4.78 is 32.0. The minimum atomic E-state index is -4.28. The Morgan fingerprint density at radius 2 is 1.09 bits per heavy atom. The zero-order valence-corrected chi connectivity index (χ0v) is 22.3. The number of unbranched alkanes of at least 4 members (excludes halogenated alkanes) is 16. The van der Waals surface area contributed by atoms with Gasteiger partial charge >= 0.3 is 0 Å². The first-order valence-corrected chi connectivity index (χ1v) is 15.3. The van der Waals surface area contributed by atoms with Crippen molar-refractivity contribution in [1.82, 2.24) is 5.32 Å². The molecule has 0 aliphatic rings. The molecule has 0 aromatic carbocycles. The van der Waals surface area contributed by atoms with Crippen LogP contribution in [0.25, 0.3) is 0 Å². The number of aliphatic hydroxyl groups is 1. The predicted molar refractivity (Wildman–Crippen MR) is 138 cm³/mol. The third-order valence-electron chi connectivity index (χ3n) is 6.31. The van der Waals surface area contributed by atoms with Gasteiger partial charge in [0.2, 0.25) is 5.91 Å². The zero-order valence-electron chi connectivity index (χ0n) is 21.5. The van der Waals surface area contributed by atoms with Crippen LogP contribution in [0.15, 0.2) is 0 Å². The number of carbonyl (C=O) groups is 1. The van der Waals surface area contributed by atoms with Gasteiger partial charge in [0.1, 0.15) is 0 Å². The highest BCUT2D eigenvalue weighted by molar-refractivity contribution is 7.85. The van der Waals surface area contributed by atoms with Crippen LogP contribution in [0.2, 0.25) is 0 Å². The van der Waals surface area contributed by atoms with E-state index in [0.29, 0.717) is 12.8 Å². The van der Waals surface area contributed by atoms with Crippen molar-refractivity contribution in [2.45, 2.75) is 154 Å². The van der Waals surface area contributed by atoms with E-state index in [-0.39, 0.29) is 5.91 Å². The van der Waals surface area contributed by atoms with Crippen LogP contribution in [0.3, 0.4) is 0 Å². The fourth-order valence-corrected chi connectivity index (χ4v) is 4.98. The van der Waals surface area contributed by atoms with Gasteiger partial charge in [0.15, 0.2) is 0 Å². The summed E-state index contributed by atoms with van der Waals surface area (Å²) in [4.78, 5) is 12.3. The molecule has 0 saturated carbocycles. The second-order valence-electron chi connectivity index (χ2n) is 9.69. The molecule has 0 rings (SSSR count). The van der Waals surface area contributed by atoms with E-state index in [9.17, 15) is 22.9 Å². The summed E-state index contributed by atoms with van der Waals surface area (Å²) in [5.41, 5.74) is 0. The van der Waals surface area contributed by atoms with Crippen molar-refractivity contribution in [3.8, 4) is 0 Å². The van der Waals surface area contributed by atoms with Crippen LogP contribution in [0, 0.1) is 0 Å². The first kappa shape index (κ1) is 32.3. The second-order valence-corrected chi connectivity index (χ2v) is 11.2. The molecule has 0 spiro atoms. The Labute approximate surface area is 204 Å². The zero-order chi connectivity index (χ0) is 24.8. The van der Waals surface area contributed by atoms with E-state index in [4.69, 9.17) is 0 Å². The van der Waals surface area contributed by atoms with Crippen LogP contribution < -0.4 is 5.32 Å². The van der Waals surface area contributed by atoms with Gasteiger partial charge in [-0.25, -0.2) is 0 Å². The molecule has 0 bridgehead atoms. The average Bonchev–Trinajstić information content (AvgIpc) is 2.75. The van der Waals surface area contributed by atoms with Crippen molar-refractivity contribution in [2.75, 3.05) is 5.75 Å². The van der Waals surface area contributed by atoms with Crippen LogP contribution in [0.5, 0.6) is 0 Å². The van der Waals surface area contributed by atoms with E-state index in [1.165, 1.54) is 77.0 Å². The van der Waals surface area contributed by atoms with Crippen LogP contribution in [-0.4, -0.2) is 41.9 Å². The molecule has 0 aromatic heterocycles. The Hall–Kier alpha value is -0.660. The standard InChI is InChI=1S/C26H53NO5S/c1-3-5-7-9-11-13-14-15-17-19-21-25(28)24(23-33(30,31)32)27-26(29)22-20-18-16-12-10-8-6-4-2/h24-25,28H,3-23H2,1-2H3,(H,27,29)(H,30,31,32). The van der Waals surface area contributed by atoms with Crippen LogP contribution >= 0.6 is 0 Å². The number of amides is 1. The lowest BCUT2D eigenvalue weighted by Gasteiger charge is -2.23. The predicted octanol–water partition coefficient (Wildman–Crippen LogP) is 6.56. The van der Waals surface area contributed by atoms with Gasteiger partial charge in [0, 0.05) is 6.42 Å². The van der Waals surface area contributed by atoms with Gasteiger partial charge in [0.25, 0.3) is 10.1 Å². The van der Waals surface area contributed by atoms with Gasteiger partial charge in [-0.15, -0.1) is 0 Å². The van der Waals surface area contributed by atoms with Gasteiger partial charge in [0.05, 0.1) is 17.9 Å². The topological polar surface area (TPSA) is 104 Å². The number of hydrogen-bond donors (Lipinski definition) is 3. The van der Waals surface area contributed by atoms with Gasteiger partial charge in [-0.1, -0.05) is 123 Å². The Morgan fingerprint density at radius 3 is 1.52 bits per heavy atom. The van der Waals surface area contributed by atoms with Crippen molar-refractivity contribution in [3.05, 3.63) is 0 Å². The third kappa shape index (κ3) is 22.9. The molecular formula is C26H53NO5S. The molecule has 33 heavy (non-hydrogen) atoms. The van der Waals surface area contributed by atoms with E-state index < -0.39 is 28.0 Å². The number of hydrogen-bond acceptors (Lipinski definition) is 4. The Morgan fingerprint density at radius 1 is 0.697 bits per heavy atom. The van der Waals surface area contributed by atoms with Gasteiger partial charge in [-0.2, -0.15) is 8.42 Å². The van der Waals surface area contributed by atoms with E-state index >= 15 is 0 Å². The lowest BCUT2D eigenvalue weighted by Crippen LogP contribution is -2.47. The molecule has 6 nitrogen and oxygen atoms in total. The SMILES string of the molecule is CCCCCCCCCCCCC(O)C(CS(=O)(=O)O)NC(=O)CCCCCCCCCC. The summed E-state index contributed by atoms with van der Waals surface area (Å²) in [6.07, 6.45) is 20.6. The van der Waals surface area contributed by atoms with Gasteiger partial charge in [-0.05, 0) is 12.8 Å². The molecule has 1 amide bonds. The van der Waals surface area contributed by atoms with Crippen molar-refractivity contribution < 1.29 is 22.9 Å². The highest BCUT2D eigenvalue weighted by atomic mass is 32.2. The van der Waals surface area contributed by atoms with Crippen molar-refractivity contribution in [3.63, 3.8) is 0 Å². The van der Waals surface area contributed by atoms with Gasteiger partial charge in [-0.3, -0.25) is 9.35 Å². The summed E-state index contributed by atoms with van der Waals surface area (Å²) in [5.74, 6) is -0.897. The van der Waals surface area contributed by atoms with Gasteiger partial charge < -0.3 is 10.4 Å². The highest BCUT2D eigenvalue weighted by Gasteiger charge is 2.25.